The lowest BCUT2D eigenvalue weighted by Gasteiger charge is -2.16. The number of thiophene rings is 1. The molecular weight excluding hydrogens is 284 g/mol. The standard InChI is InChI=1S/C15H22N4OS/c1-2-7-16-15-18-13(11-6-8-21-14(11)19-15)17-9-10-4-3-5-12(10)20/h6,8,10,12,20H,2-5,7,9H2,1H3,(H2,16,17,18,19). The SMILES string of the molecule is CCCNc1nc(NCC2CCCC2O)c2ccsc2n1. The van der Waals surface area contributed by atoms with Gasteiger partial charge in [0.1, 0.15) is 10.6 Å². The molecule has 114 valence electrons. The first-order valence-electron chi connectivity index (χ1n) is 7.69. The Kier molecular flexibility index (Phi) is 4.55. The molecule has 3 N–H and O–H groups in total. The number of aromatic nitrogens is 2. The maximum atomic E-state index is 9.93. The van der Waals surface area contributed by atoms with Crippen molar-refractivity contribution in [1.29, 1.82) is 0 Å². The van der Waals surface area contributed by atoms with Crippen molar-refractivity contribution in [1.82, 2.24) is 9.97 Å². The molecule has 0 saturated heterocycles. The molecule has 1 fully saturated rings. The molecule has 0 amide bonds. The number of fused-ring (bicyclic) bond motifs is 1. The fourth-order valence-electron chi connectivity index (χ4n) is 2.79. The van der Waals surface area contributed by atoms with Crippen molar-refractivity contribution in [2.45, 2.75) is 38.7 Å². The fourth-order valence-corrected chi connectivity index (χ4v) is 3.55. The van der Waals surface area contributed by atoms with Crippen LogP contribution in [-0.2, 0) is 0 Å². The highest BCUT2D eigenvalue weighted by atomic mass is 32.1. The molecule has 2 atom stereocenters. The van der Waals surface area contributed by atoms with Gasteiger partial charge in [0, 0.05) is 19.0 Å². The Morgan fingerprint density at radius 3 is 3.00 bits per heavy atom. The number of nitrogens with one attached hydrogen (secondary N) is 2. The van der Waals surface area contributed by atoms with Gasteiger partial charge in [-0.05, 0) is 30.7 Å². The zero-order chi connectivity index (χ0) is 14.7. The number of nitrogens with zero attached hydrogens (tertiary/aromatic N) is 2. The van der Waals surface area contributed by atoms with E-state index in [-0.39, 0.29) is 6.10 Å². The van der Waals surface area contributed by atoms with Gasteiger partial charge in [-0.25, -0.2) is 4.98 Å². The molecule has 1 aliphatic carbocycles. The highest BCUT2D eigenvalue weighted by molar-refractivity contribution is 7.16. The third kappa shape index (κ3) is 3.27. The molecule has 0 aromatic carbocycles. The summed E-state index contributed by atoms with van der Waals surface area (Å²) in [4.78, 5) is 10.1. The average Bonchev–Trinajstić information content (AvgIpc) is 3.11. The first-order valence-corrected chi connectivity index (χ1v) is 8.57. The third-order valence-electron chi connectivity index (χ3n) is 4.01. The van der Waals surface area contributed by atoms with Gasteiger partial charge < -0.3 is 15.7 Å². The van der Waals surface area contributed by atoms with E-state index in [0.717, 1.165) is 54.8 Å². The van der Waals surface area contributed by atoms with E-state index in [9.17, 15) is 5.11 Å². The first-order chi connectivity index (χ1) is 10.3. The van der Waals surface area contributed by atoms with Gasteiger partial charge in [0.05, 0.1) is 11.5 Å². The summed E-state index contributed by atoms with van der Waals surface area (Å²) in [5, 5.41) is 19.7. The van der Waals surface area contributed by atoms with Crippen molar-refractivity contribution >= 4 is 33.3 Å². The number of aliphatic hydroxyl groups is 1. The lowest BCUT2D eigenvalue weighted by atomic mass is 10.1. The van der Waals surface area contributed by atoms with Crippen LogP contribution in [0.25, 0.3) is 10.2 Å². The summed E-state index contributed by atoms with van der Waals surface area (Å²) in [5.74, 6) is 1.89. The minimum atomic E-state index is -0.171. The van der Waals surface area contributed by atoms with Crippen LogP contribution in [0, 0.1) is 5.92 Å². The van der Waals surface area contributed by atoms with Crippen LogP contribution in [0.4, 0.5) is 11.8 Å². The van der Waals surface area contributed by atoms with Crippen LogP contribution >= 0.6 is 11.3 Å². The van der Waals surface area contributed by atoms with E-state index in [4.69, 9.17) is 0 Å². The monoisotopic (exact) mass is 306 g/mol. The minimum absolute atomic E-state index is 0.171. The molecule has 1 aliphatic rings. The van der Waals surface area contributed by atoms with Crippen LogP contribution < -0.4 is 10.6 Å². The van der Waals surface area contributed by atoms with Crippen molar-refractivity contribution in [2.24, 2.45) is 5.92 Å². The van der Waals surface area contributed by atoms with Crippen LogP contribution in [0.15, 0.2) is 11.4 Å². The molecule has 6 heteroatoms. The van der Waals surface area contributed by atoms with Gasteiger partial charge in [0.15, 0.2) is 0 Å². The van der Waals surface area contributed by atoms with Crippen molar-refractivity contribution in [3.63, 3.8) is 0 Å². The molecule has 21 heavy (non-hydrogen) atoms. The molecule has 2 unspecified atom stereocenters. The lowest BCUT2D eigenvalue weighted by Crippen LogP contribution is -2.22. The van der Waals surface area contributed by atoms with Gasteiger partial charge in [0.25, 0.3) is 0 Å². The normalized spacial score (nSPS) is 21.8. The topological polar surface area (TPSA) is 70.1 Å². The van der Waals surface area contributed by atoms with Crippen molar-refractivity contribution in [3.05, 3.63) is 11.4 Å². The van der Waals surface area contributed by atoms with E-state index in [1.54, 1.807) is 11.3 Å². The number of anilines is 2. The largest absolute Gasteiger partial charge is 0.393 e. The van der Waals surface area contributed by atoms with Crippen LogP contribution in [0.5, 0.6) is 0 Å². The van der Waals surface area contributed by atoms with Gasteiger partial charge in [-0.15, -0.1) is 11.3 Å². The van der Waals surface area contributed by atoms with Crippen LogP contribution in [0.3, 0.4) is 0 Å². The van der Waals surface area contributed by atoms with Gasteiger partial charge in [0.2, 0.25) is 5.95 Å². The summed E-state index contributed by atoms with van der Waals surface area (Å²) in [7, 11) is 0. The van der Waals surface area contributed by atoms with Gasteiger partial charge >= 0.3 is 0 Å². The fraction of sp³-hybridized carbons (Fsp3) is 0.600. The predicted molar refractivity (Wildman–Crippen MR) is 88.0 cm³/mol. The summed E-state index contributed by atoms with van der Waals surface area (Å²) in [6, 6.07) is 2.05. The summed E-state index contributed by atoms with van der Waals surface area (Å²) in [5.41, 5.74) is 0. The second-order valence-corrected chi connectivity index (χ2v) is 6.50. The maximum absolute atomic E-state index is 9.93. The molecule has 3 rings (SSSR count). The zero-order valence-electron chi connectivity index (χ0n) is 12.3. The Labute approximate surface area is 128 Å². The third-order valence-corrected chi connectivity index (χ3v) is 4.82. The summed E-state index contributed by atoms with van der Waals surface area (Å²) in [6.45, 7) is 3.77. The molecule has 2 aromatic heterocycles. The summed E-state index contributed by atoms with van der Waals surface area (Å²) >= 11 is 1.63. The Balaban J connectivity index is 1.77. The van der Waals surface area contributed by atoms with Gasteiger partial charge in [-0.2, -0.15) is 4.98 Å². The molecule has 1 saturated carbocycles. The van der Waals surface area contributed by atoms with Gasteiger partial charge in [-0.3, -0.25) is 0 Å². The van der Waals surface area contributed by atoms with Crippen LogP contribution in [0.1, 0.15) is 32.6 Å². The number of aliphatic hydroxyl groups excluding tert-OH is 1. The molecule has 0 radical (unpaired) electrons. The second kappa shape index (κ2) is 6.58. The molecule has 0 bridgehead atoms. The molecular formula is C15H22N4OS. The highest BCUT2D eigenvalue weighted by Gasteiger charge is 2.25. The van der Waals surface area contributed by atoms with Crippen molar-refractivity contribution in [2.75, 3.05) is 23.7 Å². The second-order valence-electron chi connectivity index (χ2n) is 5.60. The van der Waals surface area contributed by atoms with Gasteiger partial charge in [-0.1, -0.05) is 13.3 Å². The Bertz CT molecular complexity index is 600. The van der Waals surface area contributed by atoms with E-state index in [1.165, 1.54) is 0 Å². The molecule has 0 aliphatic heterocycles. The number of hydrogen-bond acceptors (Lipinski definition) is 6. The van der Waals surface area contributed by atoms with E-state index in [1.807, 2.05) is 5.38 Å². The van der Waals surface area contributed by atoms with E-state index >= 15 is 0 Å². The Hall–Kier alpha value is -1.40. The Morgan fingerprint density at radius 1 is 1.33 bits per heavy atom. The van der Waals surface area contributed by atoms with E-state index in [2.05, 4.69) is 33.6 Å². The first kappa shape index (κ1) is 14.5. The van der Waals surface area contributed by atoms with E-state index < -0.39 is 0 Å². The average molecular weight is 306 g/mol. The number of rotatable bonds is 6. The minimum Gasteiger partial charge on any atom is -0.393 e. The predicted octanol–water partition coefficient (Wildman–Crippen LogP) is 3.09. The maximum Gasteiger partial charge on any atom is 0.226 e. The van der Waals surface area contributed by atoms with Crippen molar-refractivity contribution < 1.29 is 5.11 Å². The van der Waals surface area contributed by atoms with E-state index in [0.29, 0.717) is 11.9 Å². The molecule has 0 spiro atoms. The number of hydrogen-bond donors (Lipinski definition) is 3. The molecule has 2 aromatic rings. The van der Waals surface area contributed by atoms with Crippen molar-refractivity contribution in [3.8, 4) is 0 Å². The quantitative estimate of drug-likeness (QED) is 0.765. The lowest BCUT2D eigenvalue weighted by molar-refractivity contribution is 0.138. The highest BCUT2D eigenvalue weighted by Crippen LogP contribution is 2.29. The van der Waals surface area contributed by atoms with Crippen LogP contribution in [-0.4, -0.2) is 34.3 Å². The summed E-state index contributed by atoms with van der Waals surface area (Å²) < 4.78 is 0. The molecule has 5 nitrogen and oxygen atoms in total. The smallest absolute Gasteiger partial charge is 0.226 e. The zero-order valence-corrected chi connectivity index (χ0v) is 13.1. The summed E-state index contributed by atoms with van der Waals surface area (Å²) in [6.07, 6.45) is 4.01. The Morgan fingerprint density at radius 2 is 2.24 bits per heavy atom. The van der Waals surface area contributed by atoms with Crippen LogP contribution in [0.2, 0.25) is 0 Å². The molecule has 2 heterocycles.